The van der Waals surface area contributed by atoms with E-state index >= 15 is 0 Å². The van der Waals surface area contributed by atoms with Crippen LogP contribution in [0.4, 0.5) is 0 Å². The zero-order valence-corrected chi connectivity index (χ0v) is 20.7. The molecule has 2 aliphatic heterocycles. The molecule has 0 aliphatic carbocycles. The van der Waals surface area contributed by atoms with Crippen LogP contribution in [-0.2, 0) is 37.3 Å². The lowest BCUT2D eigenvalue weighted by molar-refractivity contribution is -0.133. The van der Waals surface area contributed by atoms with Crippen molar-refractivity contribution in [2.24, 2.45) is 11.8 Å². The van der Waals surface area contributed by atoms with Gasteiger partial charge in [-0.1, -0.05) is 59.8 Å². The van der Waals surface area contributed by atoms with E-state index in [1.54, 1.807) is 0 Å². The molecule has 0 bridgehead atoms. The van der Waals surface area contributed by atoms with Crippen LogP contribution < -0.4 is 5.32 Å². The van der Waals surface area contributed by atoms with Gasteiger partial charge in [0.25, 0.3) is 0 Å². The van der Waals surface area contributed by atoms with Gasteiger partial charge in [-0.25, -0.2) is 0 Å². The number of carbonyl (C=O) groups is 1. The first kappa shape index (κ1) is 23.8. The van der Waals surface area contributed by atoms with Crippen LogP contribution in [0.5, 0.6) is 0 Å². The molecule has 3 aromatic rings. The molecule has 1 fully saturated rings. The maximum Gasteiger partial charge on any atom is 0.223 e. The summed E-state index contributed by atoms with van der Waals surface area (Å²) in [6.45, 7) is 5.07. The fourth-order valence-corrected chi connectivity index (χ4v) is 5.56. The first-order chi connectivity index (χ1) is 17.1. The summed E-state index contributed by atoms with van der Waals surface area (Å²) in [5.41, 5.74) is 4.95. The smallest absolute Gasteiger partial charge is 0.223 e. The van der Waals surface area contributed by atoms with E-state index in [4.69, 9.17) is 4.52 Å². The molecule has 2 unspecified atom stereocenters. The van der Waals surface area contributed by atoms with E-state index in [-0.39, 0.29) is 0 Å². The highest BCUT2D eigenvalue weighted by Crippen LogP contribution is 2.28. The van der Waals surface area contributed by atoms with Gasteiger partial charge in [-0.05, 0) is 67.9 Å². The summed E-state index contributed by atoms with van der Waals surface area (Å²) < 4.78 is 5.67. The average molecular weight is 473 g/mol. The van der Waals surface area contributed by atoms with E-state index in [9.17, 15) is 4.79 Å². The number of benzene rings is 2. The van der Waals surface area contributed by atoms with Crippen LogP contribution in [0.15, 0.2) is 65.2 Å². The Hall–Kier alpha value is -2.96. The van der Waals surface area contributed by atoms with E-state index in [0.717, 1.165) is 70.0 Å². The van der Waals surface area contributed by atoms with E-state index in [0.29, 0.717) is 24.2 Å². The molecular formula is C29H36N4O2. The maximum atomic E-state index is 13.2. The minimum atomic E-state index is 0.291. The molecule has 1 amide bonds. The predicted molar refractivity (Wildman–Crippen MR) is 136 cm³/mol. The van der Waals surface area contributed by atoms with Gasteiger partial charge < -0.3 is 14.7 Å². The van der Waals surface area contributed by atoms with Gasteiger partial charge in [0.2, 0.25) is 5.91 Å². The van der Waals surface area contributed by atoms with Crippen LogP contribution in [-0.4, -0.2) is 47.5 Å². The van der Waals surface area contributed by atoms with Gasteiger partial charge >= 0.3 is 0 Å². The summed E-state index contributed by atoms with van der Waals surface area (Å²) in [7, 11) is 2.10. The fraction of sp³-hybridized carbons (Fsp3) is 0.448. The van der Waals surface area contributed by atoms with Gasteiger partial charge in [-0.15, -0.1) is 0 Å². The highest BCUT2D eigenvalue weighted by atomic mass is 16.5. The third-order valence-corrected chi connectivity index (χ3v) is 7.49. The predicted octanol–water partition coefficient (Wildman–Crippen LogP) is 4.05. The summed E-state index contributed by atoms with van der Waals surface area (Å²) >= 11 is 0. The van der Waals surface area contributed by atoms with Gasteiger partial charge in [-0.2, -0.15) is 0 Å². The van der Waals surface area contributed by atoms with Crippen molar-refractivity contribution >= 4 is 5.91 Å². The van der Waals surface area contributed by atoms with Crippen molar-refractivity contribution in [3.8, 4) is 0 Å². The number of rotatable bonds is 8. The van der Waals surface area contributed by atoms with Crippen LogP contribution in [0.3, 0.4) is 0 Å². The molecular weight excluding hydrogens is 436 g/mol. The van der Waals surface area contributed by atoms with Gasteiger partial charge in [0.15, 0.2) is 5.76 Å². The van der Waals surface area contributed by atoms with E-state index < -0.39 is 0 Å². The summed E-state index contributed by atoms with van der Waals surface area (Å²) in [5, 5.41) is 7.90. The van der Waals surface area contributed by atoms with Crippen LogP contribution in [0.1, 0.15) is 41.0 Å². The monoisotopic (exact) mass is 472 g/mol. The minimum absolute atomic E-state index is 0.291. The second-order valence-electron chi connectivity index (χ2n) is 10.2. The number of nitrogens with one attached hydrogen (secondary N) is 1. The second-order valence-corrected chi connectivity index (χ2v) is 10.2. The molecule has 5 rings (SSSR count). The fourth-order valence-electron chi connectivity index (χ4n) is 5.56. The largest absolute Gasteiger partial charge is 0.360 e. The molecule has 0 radical (unpaired) electrons. The number of piperidine rings is 1. The summed E-state index contributed by atoms with van der Waals surface area (Å²) in [6.07, 6.45) is 3.46. The second kappa shape index (κ2) is 11.2. The Bertz CT molecular complexity index is 1110. The van der Waals surface area contributed by atoms with Crippen molar-refractivity contribution in [1.29, 1.82) is 0 Å². The summed E-state index contributed by atoms with van der Waals surface area (Å²) in [5.74, 6) is 1.95. The molecule has 2 aromatic carbocycles. The summed E-state index contributed by atoms with van der Waals surface area (Å²) in [4.78, 5) is 17.5. The number of hydrogen-bond donors (Lipinski definition) is 1. The SMILES string of the molecule is CN(Cc1ccccc1)Cc1cc(CC2CNCCC2CC(=O)N2CCc3ccccc3C2)no1. The number of nitrogens with zero attached hydrogens (tertiary/aromatic N) is 3. The van der Waals surface area contributed by atoms with E-state index in [1.807, 2.05) is 6.07 Å². The molecule has 3 heterocycles. The Morgan fingerprint density at radius 1 is 1.09 bits per heavy atom. The Morgan fingerprint density at radius 2 is 1.89 bits per heavy atom. The summed E-state index contributed by atoms with van der Waals surface area (Å²) in [6, 6.07) is 21.1. The molecule has 1 saturated heterocycles. The lowest BCUT2D eigenvalue weighted by atomic mass is 9.80. The van der Waals surface area contributed by atoms with Gasteiger partial charge in [0.05, 0.1) is 12.2 Å². The number of aromatic nitrogens is 1. The van der Waals surface area contributed by atoms with Crippen molar-refractivity contribution in [2.45, 2.75) is 45.3 Å². The molecule has 0 saturated carbocycles. The van der Waals surface area contributed by atoms with Crippen molar-refractivity contribution in [2.75, 3.05) is 26.7 Å². The van der Waals surface area contributed by atoms with Gasteiger partial charge in [-0.3, -0.25) is 9.69 Å². The van der Waals surface area contributed by atoms with Gasteiger partial charge in [0.1, 0.15) is 0 Å². The van der Waals surface area contributed by atoms with Crippen LogP contribution in [0.25, 0.3) is 0 Å². The Morgan fingerprint density at radius 3 is 2.74 bits per heavy atom. The first-order valence-electron chi connectivity index (χ1n) is 12.9. The molecule has 0 spiro atoms. The Labute approximate surface area is 208 Å². The van der Waals surface area contributed by atoms with E-state index in [2.05, 4.69) is 81.9 Å². The zero-order valence-electron chi connectivity index (χ0n) is 20.7. The molecule has 1 N–H and O–H groups in total. The molecule has 6 heteroatoms. The van der Waals surface area contributed by atoms with Crippen LogP contribution in [0.2, 0.25) is 0 Å². The highest BCUT2D eigenvalue weighted by Gasteiger charge is 2.30. The van der Waals surface area contributed by atoms with Gasteiger partial charge in [0, 0.05) is 32.1 Å². The van der Waals surface area contributed by atoms with Crippen LogP contribution in [0, 0.1) is 11.8 Å². The molecule has 184 valence electrons. The zero-order chi connectivity index (χ0) is 24.0. The van der Waals surface area contributed by atoms with E-state index in [1.165, 1.54) is 16.7 Å². The number of hydrogen-bond acceptors (Lipinski definition) is 5. The molecule has 6 nitrogen and oxygen atoms in total. The molecule has 1 aromatic heterocycles. The third-order valence-electron chi connectivity index (χ3n) is 7.49. The molecule has 2 aliphatic rings. The first-order valence-corrected chi connectivity index (χ1v) is 12.9. The standard InChI is InChI=1S/C29H36N4O2/c1-32(19-22-7-3-2-4-8-22)21-28-17-27(31-35-28)15-26-18-30-13-11-24(26)16-29(34)33-14-12-23-9-5-6-10-25(23)20-33/h2-10,17,24,26,30H,11-16,18-21H2,1H3. The Balaban J connectivity index is 1.15. The number of fused-ring (bicyclic) bond motifs is 1. The van der Waals surface area contributed by atoms with Crippen molar-refractivity contribution in [3.05, 3.63) is 88.8 Å². The lowest BCUT2D eigenvalue weighted by Gasteiger charge is -2.34. The highest BCUT2D eigenvalue weighted by molar-refractivity contribution is 5.76. The number of amides is 1. The Kier molecular flexibility index (Phi) is 7.60. The average Bonchev–Trinajstić information content (AvgIpc) is 3.31. The van der Waals surface area contributed by atoms with Crippen molar-refractivity contribution < 1.29 is 9.32 Å². The van der Waals surface area contributed by atoms with Crippen molar-refractivity contribution in [3.63, 3.8) is 0 Å². The molecule has 2 atom stereocenters. The minimum Gasteiger partial charge on any atom is -0.360 e. The molecule has 35 heavy (non-hydrogen) atoms. The van der Waals surface area contributed by atoms with Crippen molar-refractivity contribution in [1.82, 2.24) is 20.3 Å². The normalized spacial score (nSPS) is 20.1. The topological polar surface area (TPSA) is 61.6 Å². The maximum absolute atomic E-state index is 13.2. The number of carbonyl (C=O) groups excluding carboxylic acids is 1. The quantitative estimate of drug-likeness (QED) is 0.536. The lowest BCUT2D eigenvalue weighted by Crippen LogP contribution is -2.42. The third kappa shape index (κ3) is 6.19. The van der Waals surface area contributed by atoms with Crippen LogP contribution >= 0.6 is 0 Å².